The van der Waals surface area contributed by atoms with Gasteiger partial charge >= 0.3 is 0 Å². The zero-order valence-electron chi connectivity index (χ0n) is 35.1. The van der Waals surface area contributed by atoms with Crippen LogP contribution < -0.4 is 4.90 Å². The number of hydrogen-bond acceptors (Lipinski definition) is 3. The smallest absolute Gasteiger partial charge is 0.131 e. The van der Waals surface area contributed by atoms with E-state index in [4.69, 9.17) is 0 Å². The second-order valence-electron chi connectivity index (χ2n) is 16.2. The SMILES string of the molecule is CN(c1cccc(-n2c3cc(-c4ccc(-c5ccccc5)s4)ccc3c3c4ccc(-c5ccc(-c6ccccc6)s5)cc4n(-c4ccccc4)c32)c1)c1ccccc1-c1ccccc1. The van der Waals surface area contributed by atoms with E-state index in [2.05, 4.69) is 252 Å². The fourth-order valence-electron chi connectivity index (χ4n) is 9.31. The Balaban J connectivity index is 1.09. The maximum atomic E-state index is 2.51. The number of thiophene rings is 2. The molecule has 0 fully saturated rings. The molecule has 0 N–H and O–H groups in total. The van der Waals surface area contributed by atoms with Crippen molar-refractivity contribution >= 4 is 66.9 Å². The summed E-state index contributed by atoms with van der Waals surface area (Å²) >= 11 is 3.69. The molecule has 0 spiro atoms. The molecule has 0 radical (unpaired) electrons. The first-order chi connectivity index (χ1) is 31.7. The van der Waals surface area contributed by atoms with Gasteiger partial charge < -0.3 is 4.90 Å². The largest absolute Gasteiger partial charge is 0.344 e. The fourth-order valence-corrected chi connectivity index (χ4v) is 11.3. The van der Waals surface area contributed by atoms with Crippen molar-refractivity contribution in [2.45, 2.75) is 0 Å². The third-order valence-electron chi connectivity index (χ3n) is 12.4. The summed E-state index contributed by atoms with van der Waals surface area (Å²) < 4.78 is 4.99. The van der Waals surface area contributed by atoms with Crippen LogP contribution >= 0.6 is 22.7 Å². The van der Waals surface area contributed by atoms with Crippen molar-refractivity contribution in [3.8, 4) is 64.3 Å². The number of benzene rings is 8. The number of hydrogen-bond donors (Lipinski definition) is 0. The fraction of sp³-hybridized carbons (Fsp3) is 0.0169. The molecule has 4 heterocycles. The van der Waals surface area contributed by atoms with Crippen LogP contribution in [0.25, 0.3) is 97.1 Å². The monoisotopic (exact) mass is 855 g/mol. The molecule has 8 aromatic carbocycles. The van der Waals surface area contributed by atoms with Crippen molar-refractivity contribution in [3.05, 3.63) is 231 Å². The Morgan fingerprint density at radius 3 is 1.38 bits per heavy atom. The lowest BCUT2D eigenvalue weighted by atomic mass is 10.0. The van der Waals surface area contributed by atoms with E-state index in [1.54, 1.807) is 0 Å². The minimum Gasteiger partial charge on any atom is -0.344 e. The standard InChI is InChI=1S/C59H41N3S2/c1-60(51-28-15-14-27-48(51)40-17-6-2-7-18-40)46-25-16-26-47(39-46)62-53-38-44(57-36-34-55(64-57)42-21-10-4-11-22-42)30-32-50(53)58-49-31-29-43(56-35-33-54(63-56)41-19-8-3-9-20-41)37-52(49)61(59(58)62)45-23-12-5-13-24-45/h2-39H,1H3. The van der Waals surface area contributed by atoms with Crippen LogP contribution in [0, 0.1) is 0 Å². The van der Waals surface area contributed by atoms with Gasteiger partial charge in [0.1, 0.15) is 5.65 Å². The Kier molecular flexibility index (Phi) is 9.44. The summed E-state index contributed by atoms with van der Waals surface area (Å²) in [5.41, 5.74) is 15.3. The lowest BCUT2D eigenvalue weighted by Crippen LogP contribution is -2.11. The molecule has 0 saturated carbocycles. The average Bonchev–Trinajstić information content (AvgIpc) is 4.19. The highest BCUT2D eigenvalue weighted by Gasteiger charge is 2.24. The summed E-state index contributed by atoms with van der Waals surface area (Å²) in [7, 11) is 2.18. The molecule has 12 rings (SSSR count). The van der Waals surface area contributed by atoms with Gasteiger partial charge in [0.25, 0.3) is 0 Å². The van der Waals surface area contributed by atoms with Crippen molar-refractivity contribution in [3.63, 3.8) is 0 Å². The molecule has 0 aliphatic carbocycles. The van der Waals surface area contributed by atoms with Crippen molar-refractivity contribution in [2.75, 3.05) is 11.9 Å². The maximum Gasteiger partial charge on any atom is 0.131 e. The van der Waals surface area contributed by atoms with Crippen molar-refractivity contribution in [1.29, 1.82) is 0 Å². The molecule has 0 aliphatic rings. The summed E-state index contributed by atoms with van der Waals surface area (Å²) in [5, 5.41) is 3.70. The van der Waals surface area contributed by atoms with Crippen LogP contribution in [0.5, 0.6) is 0 Å². The van der Waals surface area contributed by atoms with Gasteiger partial charge in [-0.1, -0.05) is 158 Å². The van der Waals surface area contributed by atoms with Crippen molar-refractivity contribution in [1.82, 2.24) is 9.13 Å². The van der Waals surface area contributed by atoms with Crippen LogP contribution in [0.15, 0.2) is 231 Å². The molecular weight excluding hydrogens is 815 g/mol. The lowest BCUT2D eigenvalue weighted by Gasteiger charge is -2.24. The van der Waals surface area contributed by atoms with Gasteiger partial charge in [-0.25, -0.2) is 0 Å². The molecule has 0 unspecified atom stereocenters. The Morgan fingerprint density at radius 2 is 0.812 bits per heavy atom. The highest BCUT2D eigenvalue weighted by atomic mass is 32.1. The van der Waals surface area contributed by atoms with Gasteiger partial charge in [-0.3, -0.25) is 9.13 Å². The van der Waals surface area contributed by atoms with Crippen LogP contribution in [0.2, 0.25) is 0 Å². The van der Waals surface area contributed by atoms with Gasteiger partial charge in [0.05, 0.1) is 11.0 Å². The van der Waals surface area contributed by atoms with Crippen LogP contribution in [0.1, 0.15) is 0 Å². The first-order valence-corrected chi connectivity index (χ1v) is 23.3. The maximum absolute atomic E-state index is 2.51. The second kappa shape index (κ2) is 15.9. The highest BCUT2D eigenvalue weighted by Crippen LogP contribution is 2.46. The van der Waals surface area contributed by atoms with Crippen LogP contribution in [0.3, 0.4) is 0 Å². The molecule has 0 saturated heterocycles. The lowest BCUT2D eigenvalue weighted by molar-refractivity contribution is 1.06. The van der Waals surface area contributed by atoms with Crippen LogP contribution in [-0.2, 0) is 0 Å². The molecule has 3 nitrogen and oxygen atoms in total. The molecule has 0 amide bonds. The Bertz CT molecular complexity index is 3620. The van der Waals surface area contributed by atoms with Gasteiger partial charge in [-0.05, 0) is 101 Å². The molecule has 4 aromatic heterocycles. The third-order valence-corrected chi connectivity index (χ3v) is 14.8. The first kappa shape index (κ1) is 38.0. The Labute approximate surface area is 380 Å². The second-order valence-corrected chi connectivity index (χ2v) is 18.4. The molecule has 0 aliphatic heterocycles. The molecule has 0 bridgehead atoms. The Hall–Kier alpha value is -7.70. The molecule has 5 heteroatoms. The minimum absolute atomic E-state index is 1.10. The number of para-hydroxylation sites is 2. The van der Waals surface area contributed by atoms with Gasteiger partial charge in [0.15, 0.2) is 0 Å². The zero-order chi connectivity index (χ0) is 42.6. The van der Waals surface area contributed by atoms with E-state index < -0.39 is 0 Å². The highest BCUT2D eigenvalue weighted by molar-refractivity contribution is 7.19. The van der Waals surface area contributed by atoms with Gasteiger partial charge in [-0.2, -0.15) is 0 Å². The predicted molar refractivity (Wildman–Crippen MR) is 275 cm³/mol. The van der Waals surface area contributed by atoms with Gasteiger partial charge in [0.2, 0.25) is 0 Å². The van der Waals surface area contributed by atoms with Crippen molar-refractivity contribution < 1.29 is 0 Å². The van der Waals surface area contributed by atoms with Gasteiger partial charge in [0, 0.05) is 71.0 Å². The molecular formula is C59H41N3S2. The average molecular weight is 856 g/mol. The van der Waals surface area contributed by atoms with Crippen LogP contribution in [0.4, 0.5) is 11.4 Å². The number of fused-ring (bicyclic) bond motifs is 5. The van der Waals surface area contributed by atoms with E-state index in [0.29, 0.717) is 0 Å². The number of rotatable bonds is 9. The summed E-state index contributed by atoms with van der Waals surface area (Å²) in [6.07, 6.45) is 0. The zero-order valence-corrected chi connectivity index (χ0v) is 36.7. The molecule has 12 aromatic rings. The summed E-state index contributed by atoms with van der Waals surface area (Å²) in [5.74, 6) is 0. The van der Waals surface area contributed by atoms with E-state index >= 15 is 0 Å². The third kappa shape index (κ3) is 6.56. The number of anilines is 2. The summed E-state index contributed by atoms with van der Waals surface area (Å²) in [6.45, 7) is 0. The normalized spacial score (nSPS) is 11.5. The van der Waals surface area contributed by atoms with E-state index in [-0.39, 0.29) is 0 Å². The topological polar surface area (TPSA) is 13.1 Å². The van der Waals surface area contributed by atoms with Gasteiger partial charge in [-0.15, -0.1) is 22.7 Å². The van der Waals surface area contributed by atoms with E-state index in [1.807, 2.05) is 22.7 Å². The van der Waals surface area contributed by atoms with E-state index in [0.717, 1.165) is 28.4 Å². The number of aromatic nitrogens is 2. The predicted octanol–water partition coefficient (Wildman–Crippen LogP) is 17.0. The van der Waals surface area contributed by atoms with Crippen LogP contribution in [-0.4, -0.2) is 16.2 Å². The summed E-state index contributed by atoms with van der Waals surface area (Å²) in [4.78, 5) is 7.35. The molecule has 64 heavy (non-hydrogen) atoms. The minimum atomic E-state index is 1.10. The van der Waals surface area contributed by atoms with E-state index in [1.165, 1.54) is 80.1 Å². The first-order valence-electron chi connectivity index (χ1n) is 21.6. The Morgan fingerprint density at radius 1 is 0.359 bits per heavy atom. The summed E-state index contributed by atoms with van der Waals surface area (Å²) in [6, 6.07) is 83.8. The molecule has 0 atom stereocenters. The number of nitrogens with zero attached hydrogens (tertiary/aromatic N) is 3. The van der Waals surface area contributed by atoms with Crippen molar-refractivity contribution in [2.24, 2.45) is 0 Å². The molecule has 304 valence electrons. The quantitative estimate of drug-likeness (QED) is 0.141. The van der Waals surface area contributed by atoms with E-state index in [9.17, 15) is 0 Å².